The highest BCUT2D eigenvalue weighted by Crippen LogP contribution is 2.16. The number of esters is 1. The number of ether oxygens (including phenoxy) is 1. The molecule has 0 fully saturated rings. The number of hydrogen-bond acceptors (Lipinski definition) is 3. The number of nitrogen functional groups attached to an aromatic ring is 1. The number of carbonyl (C=O) groups is 1. The van der Waals surface area contributed by atoms with Gasteiger partial charge in [-0.3, -0.25) is 4.79 Å². The summed E-state index contributed by atoms with van der Waals surface area (Å²) < 4.78 is 5.90. The molecule has 0 aliphatic rings. The van der Waals surface area contributed by atoms with Crippen molar-refractivity contribution in [3.05, 3.63) is 27.3 Å². The molecule has 1 aromatic carbocycles. The van der Waals surface area contributed by atoms with Gasteiger partial charge in [0.25, 0.3) is 0 Å². The second kappa shape index (κ2) is 5.19. The first-order valence-electron chi connectivity index (χ1n) is 4.33. The van der Waals surface area contributed by atoms with Crippen LogP contribution < -0.4 is 5.73 Å². The SMILES string of the molecule is CCOC(=O)Cc1ccc(I)cc1N. The molecular formula is C10H12INO2. The molecule has 0 saturated heterocycles. The molecule has 1 aromatic rings. The van der Waals surface area contributed by atoms with Gasteiger partial charge < -0.3 is 10.5 Å². The summed E-state index contributed by atoms with van der Waals surface area (Å²) in [6, 6.07) is 5.62. The standard InChI is InChI=1S/C10H12INO2/c1-2-14-10(13)5-7-3-4-8(11)6-9(7)12/h3-4,6H,2,5,12H2,1H3. The Hall–Kier alpha value is -0.780. The molecule has 0 aromatic heterocycles. The fourth-order valence-corrected chi connectivity index (χ4v) is 1.61. The van der Waals surface area contributed by atoms with Gasteiger partial charge in [0.15, 0.2) is 0 Å². The van der Waals surface area contributed by atoms with Crippen LogP contribution in [-0.4, -0.2) is 12.6 Å². The maximum Gasteiger partial charge on any atom is 0.310 e. The van der Waals surface area contributed by atoms with Crippen LogP contribution in [0.2, 0.25) is 0 Å². The molecule has 2 N–H and O–H groups in total. The molecule has 0 spiro atoms. The molecule has 0 radical (unpaired) electrons. The molecule has 4 heteroatoms. The minimum absolute atomic E-state index is 0.236. The number of anilines is 1. The van der Waals surface area contributed by atoms with Crippen LogP contribution >= 0.6 is 22.6 Å². The fraction of sp³-hybridized carbons (Fsp3) is 0.300. The highest BCUT2D eigenvalue weighted by Gasteiger charge is 2.06. The predicted octanol–water partition coefficient (Wildman–Crippen LogP) is 1.98. The lowest BCUT2D eigenvalue weighted by molar-refractivity contribution is -0.142. The Bertz CT molecular complexity index is 339. The average molecular weight is 305 g/mol. The summed E-state index contributed by atoms with van der Waals surface area (Å²) in [4.78, 5) is 11.2. The van der Waals surface area contributed by atoms with Crippen molar-refractivity contribution in [1.82, 2.24) is 0 Å². The molecule has 1 rings (SSSR count). The van der Waals surface area contributed by atoms with Gasteiger partial charge in [0.1, 0.15) is 0 Å². The Morgan fingerprint density at radius 2 is 2.29 bits per heavy atom. The Labute approximate surface area is 96.8 Å². The second-order valence-corrected chi connectivity index (χ2v) is 4.07. The van der Waals surface area contributed by atoms with E-state index >= 15 is 0 Å². The number of carbonyl (C=O) groups excluding carboxylic acids is 1. The third-order valence-electron chi connectivity index (χ3n) is 1.75. The molecule has 0 atom stereocenters. The lowest BCUT2D eigenvalue weighted by Gasteiger charge is -2.05. The summed E-state index contributed by atoms with van der Waals surface area (Å²) in [7, 11) is 0. The minimum atomic E-state index is -0.236. The van der Waals surface area contributed by atoms with Crippen molar-refractivity contribution in [3.8, 4) is 0 Å². The Morgan fingerprint density at radius 1 is 1.57 bits per heavy atom. The zero-order valence-corrected chi connectivity index (χ0v) is 10.1. The van der Waals surface area contributed by atoms with Gasteiger partial charge in [-0.25, -0.2) is 0 Å². The van der Waals surface area contributed by atoms with Crippen LogP contribution in [0, 0.1) is 3.57 Å². The van der Waals surface area contributed by atoms with Crippen molar-refractivity contribution in [2.45, 2.75) is 13.3 Å². The number of nitrogens with two attached hydrogens (primary N) is 1. The Morgan fingerprint density at radius 3 is 2.86 bits per heavy atom. The maximum absolute atomic E-state index is 11.2. The van der Waals surface area contributed by atoms with Crippen molar-refractivity contribution in [2.24, 2.45) is 0 Å². The summed E-state index contributed by atoms with van der Waals surface area (Å²) >= 11 is 2.18. The number of halogens is 1. The van der Waals surface area contributed by atoms with E-state index in [0.29, 0.717) is 12.3 Å². The fourth-order valence-electron chi connectivity index (χ4n) is 1.09. The van der Waals surface area contributed by atoms with E-state index in [1.54, 1.807) is 6.92 Å². The Kier molecular flexibility index (Phi) is 4.19. The zero-order valence-electron chi connectivity index (χ0n) is 7.92. The molecule has 0 unspecified atom stereocenters. The lowest BCUT2D eigenvalue weighted by Crippen LogP contribution is -2.09. The maximum atomic E-state index is 11.2. The predicted molar refractivity (Wildman–Crippen MR) is 63.9 cm³/mol. The molecule has 0 saturated carbocycles. The summed E-state index contributed by atoms with van der Waals surface area (Å²) in [5, 5.41) is 0. The van der Waals surface area contributed by atoms with E-state index in [4.69, 9.17) is 10.5 Å². The number of rotatable bonds is 3. The molecule has 0 heterocycles. The van der Waals surface area contributed by atoms with E-state index in [9.17, 15) is 4.79 Å². The van der Waals surface area contributed by atoms with Gasteiger partial charge in [-0.15, -0.1) is 0 Å². The third kappa shape index (κ3) is 3.17. The van der Waals surface area contributed by atoms with Crippen LogP contribution in [-0.2, 0) is 16.0 Å². The first-order chi connectivity index (χ1) is 6.63. The normalized spacial score (nSPS) is 9.86. The third-order valence-corrected chi connectivity index (χ3v) is 2.42. The summed E-state index contributed by atoms with van der Waals surface area (Å²) in [6.07, 6.45) is 0.247. The van der Waals surface area contributed by atoms with E-state index in [-0.39, 0.29) is 12.4 Å². The van der Waals surface area contributed by atoms with Crippen molar-refractivity contribution >= 4 is 34.2 Å². The molecule has 0 aliphatic heterocycles. The molecule has 0 aliphatic carbocycles. The van der Waals surface area contributed by atoms with Gasteiger partial charge in [0.2, 0.25) is 0 Å². The molecule has 0 bridgehead atoms. The van der Waals surface area contributed by atoms with E-state index < -0.39 is 0 Å². The van der Waals surface area contributed by atoms with Gasteiger partial charge in [-0.05, 0) is 47.2 Å². The number of hydrogen-bond donors (Lipinski definition) is 1. The van der Waals surface area contributed by atoms with Crippen molar-refractivity contribution in [1.29, 1.82) is 0 Å². The topological polar surface area (TPSA) is 52.3 Å². The van der Waals surface area contributed by atoms with Gasteiger partial charge in [0, 0.05) is 9.26 Å². The molecule has 0 amide bonds. The quantitative estimate of drug-likeness (QED) is 0.528. The average Bonchev–Trinajstić information content (AvgIpc) is 2.10. The van der Waals surface area contributed by atoms with Crippen molar-refractivity contribution in [3.63, 3.8) is 0 Å². The van der Waals surface area contributed by atoms with Gasteiger partial charge in [0.05, 0.1) is 13.0 Å². The highest BCUT2D eigenvalue weighted by molar-refractivity contribution is 14.1. The van der Waals surface area contributed by atoms with Crippen LogP contribution in [0.5, 0.6) is 0 Å². The van der Waals surface area contributed by atoms with Crippen LogP contribution in [0.25, 0.3) is 0 Å². The van der Waals surface area contributed by atoms with E-state index in [2.05, 4.69) is 22.6 Å². The van der Waals surface area contributed by atoms with Crippen LogP contribution in [0.4, 0.5) is 5.69 Å². The van der Waals surface area contributed by atoms with Gasteiger partial charge >= 0.3 is 5.97 Å². The molecular weight excluding hydrogens is 293 g/mol. The molecule has 76 valence electrons. The van der Waals surface area contributed by atoms with Gasteiger partial charge in [-0.2, -0.15) is 0 Å². The summed E-state index contributed by atoms with van der Waals surface area (Å²) in [5.41, 5.74) is 7.22. The van der Waals surface area contributed by atoms with Crippen molar-refractivity contribution < 1.29 is 9.53 Å². The van der Waals surface area contributed by atoms with Crippen LogP contribution in [0.1, 0.15) is 12.5 Å². The highest BCUT2D eigenvalue weighted by atomic mass is 127. The largest absolute Gasteiger partial charge is 0.466 e. The summed E-state index contributed by atoms with van der Waals surface area (Å²) in [5.74, 6) is -0.236. The smallest absolute Gasteiger partial charge is 0.310 e. The number of benzene rings is 1. The zero-order chi connectivity index (χ0) is 10.6. The molecule has 14 heavy (non-hydrogen) atoms. The Balaban J connectivity index is 2.72. The second-order valence-electron chi connectivity index (χ2n) is 2.82. The summed E-state index contributed by atoms with van der Waals surface area (Å²) in [6.45, 7) is 2.19. The lowest BCUT2D eigenvalue weighted by atomic mass is 10.1. The van der Waals surface area contributed by atoms with E-state index in [0.717, 1.165) is 9.13 Å². The van der Waals surface area contributed by atoms with Gasteiger partial charge in [-0.1, -0.05) is 6.07 Å². The van der Waals surface area contributed by atoms with E-state index in [1.165, 1.54) is 0 Å². The monoisotopic (exact) mass is 305 g/mol. The van der Waals surface area contributed by atoms with E-state index in [1.807, 2.05) is 18.2 Å². The first-order valence-corrected chi connectivity index (χ1v) is 5.41. The van der Waals surface area contributed by atoms with Crippen molar-refractivity contribution in [2.75, 3.05) is 12.3 Å². The van der Waals surface area contributed by atoms with Crippen LogP contribution in [0.15, 0.2) is 18.2 Å². The van der Waals surface area contributed by atoms with Crippen LogP contribution in [0.3, 0.4) is 0 Å². The molecule has 3 nitrogen and oxygen atoms in total. The first kappa shape index (κ1) is 11.3. The minimum Gasteiger partial charge on any atom is -0.466 e.